The molecule has 21 heavy (non-hydrogen) atoms. The Morgan fingerprint density at radius 2 is 2.24 bits per heavy atom. The van der Waals surface area contributed by atoms with Crippen molar-refractivity contribution >= 4 is 21.8 Å². The highest BCUT2D eigenvalue weighted by atomic mass is 32.2. The van der Waals surface area contributed by atoms with Gasteiger partial charge in [-0.15, -0.1) is 0 Å². The lowest BCUT2D eigenvalue weighted by atomic mass is 10.3. The van der Waals surface area contributed by atoms with Crippen LogP contribution in [0.1, 0.15) is 18.5 Å². The number of sulfonamides is 1. The number of esters is 1. The predicted molar refractivity (Wildman–Crippen MR) is 76.9 cm³/mol. The molecule has 0 aliphatic heterocycles. The minimum atomic E-state index is -3.68. The van der Waals surface area contributed by atoms with Gasteiger partial charge in [-0.25, -0.2) is 13.4 Å². The molecule has 0 saturated carbocycles. The van der Waals surface area contributed by atoms with Crippen LogP contribution < -0.4 is 4.72 Å². The Morgan fingerprint density at radius 3 is 2.90 bits per heavy atom. The summed E-state index contributed by atoms with van der Waals surface area (Å²) in [7, 11) is -2.49. The van der Waals surface area contributed by atoms with E-state index < -0.39 is 16.0 Å². The van der Waals surface area contributed by atoms with E-state index in [1.165, 1.54) is 13.2 Å². The van der Waals surface area contributed by atoms with Gasteiger partial charge in [0.15, 0.2) is 0 Å². The van der Waals surface area contributed by atoms with E-state index in [0.29, 0.717) is 12.1 Å². The van der Waals surface area contributed by atoms with Crippen molar-refractivity contribution in [2.75, 3.05) is 24.2 Å². The quantitative estimate of drug-likeness (QED) is 0.571. The molecule has 0 fully saturated rings. The number of nitrogens with one attached hydrogen (secondary N) is 1. The highest BCUT2D eigenvalue weighted by molar-refractivity contribution is 7.92. The zero-order chi connectivity index (χ0) is 15.7. The van der Waals surface area contributed by atoms with Gasteiger partial charge in [-0.2, -0.15) is 0 Å². The molecule has 114 valence electrons. The minimum Gasteiger partial charge on any atom is -0.469 e. The van der Waals surface area contributed by atoms with Crippen molar-refractivity contribution in [1.82, 2.24) is 4.98 Å². The van der Waals surface area contributed by atoms with Crippen molar-refractivity contribution in [3.63, 3.8) is 0 Å². The van der Waals surface area contributed by atoms with Gasteiger partial charge in [0.1, 0.15) is 11.5 Å². The van der Waals surface area contributed by atoms with Crippen LogP contribution in [-0.2, 0) is 19.6 Å². The number of ether oxygens (including phenoxy) is 1. The third kappa shape index (κ3) is 6.74. The lowest BCUT2D eigenvalue weighted by Crippen LogP contribution is -2.20. The van der Waals surface area contributed by atoms with Crippen molar-refractivity contribution < 1.29 is 23.1 Å². The molecule has 0 spiro atoms. The number of carbonyl (C=O) groups excluding carboxylic acids is 1. The summed E-state index contributed by atoms with van der Waals surface area (Å²) < 4.78 is 30.2. The molecule has 1 aromatic rings. The smallest absolute Gasteiger partial charge is 0.306 e. The van der Waals surface area contributed by atoms with Crippen molar-refractivity contribution in [3.05, 3.63) is 23.9 Å². The molecule has 8 heteroatoms. The van der Waals surface area contributed by atoms with E-state index in [1.807, 2.05) is 0 Å². The normalized spacial score (nSPS) is 10.4. The molecule has 1 rings (SSSR count). The van der Waals surface area contributed by atoms with Crippen LogP contribution in [0.5, 0.6) is 0 Å². The van der Waals surface area contributed by atoms with Crippen molar-refractivity contribution in [3.8, 4) is 11.8 Å². The zero-order valence-corrected chi connectivity index (χ0v) is 12.3. The molecular weight excluding hydrogens is 296 g/mol. The summed E-state index contributed by atoms with van der Waals surface area (Å²) in [6.45, 7) is -0.0488. The van der Waals surface area contributed by atoms with Gasteiger partial charge in [0.25, 0.3) is 0 Å². The number of aliphatic hydroxyl groups excluding tert-OH is 1. The number of rotatable bonds is 6. The van der Waals surface area contributed by atoms with E-state index in [0.717, 1.165) is 0 Å². The van der Waals surface area contributed by atoms with Gasteiger partial charge in [0.2, 0.25) is 10.0 Å². The van der Waals surface area contributed by atoms with E-state index in [9.17, 15) is 13.2 Å². The van der Waals surface area contributed by atoms with Gasteiger partial charge < -0.3 is 9.84 Å². The third-order valence-electron chi connectivity index (χ3n) is 2.27. The van der Waals surface area contributed by atoms with E-state index in [4.69, 9.17) is 5.11 Å². The predicted octanol–water partition coefficient (Wildman–Crippen LogP) is 0.120. The molecule has 0 saturated heterocycles. The van der Waals surface area contributed by atoms with Gasteiger partial charge in [-0.05, 0) is 18.1 Å². The van der Waals surface area contributed by atoms with Crippen LogP contribution in [0.15, 0.2) is 18.2 Å². The standard InChI is InChI=1S/C13H16N2O5S/c1-20-13(17)8-10-21(18,19)15-12-7-4-6-11(14-12)5-2-3-9-16/h4,6-7,16H,3,8-10H2,1H3,(H,14,15). The number of pyridine rings is 1. The van der Waals surface area contributed by atoms with E-state index in [1.54, 1.807) is 12.1 Å². The minimum absolute atomic E-state index is 0.0488. The molecule has 1 aromatic heterocycles. The van der Waals surface area contributed by atoms with E-state index in [-0.39, 0.29) is 24.6 Å². The first-order valence-electron chi connectivity index (χ1n) is 6.11. The lowest BCUT2D eigenvalue weighted by Gasteiger charge is -2.06. The van der Waals surface area contributed by atoms with Crippen LogP contribution in [0.25, 0.3) is 0 Å². The molecule has 0 aliphatic rings. The van der Waals surface area contributed by atoms with Gasteiger partial charge in [-0.1, -0.05) is 12.0 Å². The summed E-state index contributed by atoms with van der Waals surface area (Å²) in [5, 5.41) is 8.62. The van der Waals surface area contributed by atoms with Gasteiger partial charge >= 0.3 is 5.97 Å². The number of hydrogen-bond donors (Lipinski definition) is 2. The molecule has 0 aromatic carbocycles. The monoisotopic (exact) mass is 312 g/mol. The highest BCUT2D eigenvalue weighted by Crippen LogP contribution is 2.07. The van der Waals surface area contributed by atoms with Crippen molar-refractivity contribution in [2.24, 2.45) is 0 Å². The third-order valence-corrected chi connectivity index (χ3v) is 3.53. The molecule has 0 bridgehead atoms. The zero-order valence-electron chi connectivity index (χ0n) is 11.5. The van der Waals surface area contributed by atoms with Crippen LogP contribution in [-0.4, -0.2) is 43.9 Å². The van der Waals surface area contributed by atoms with E-state index in [2.05, 4.69) is 26.3 Å². The molecule has 1 heterocycles. The van der Waals surface area contributed by atoms with Crippen molar-refractivity contribution in [2.45, 2.75) is 12.8 Å². The maximum Gasteiger partial charge on any atom is 0.306 e. The molecule has 0 unspecified atom stereocenters. The molecular formula is C13H16N2O5S. The summed E-state index contributed by atoms with van der Waals surface area (Å²) in [6, 6.07) is 4.71. The van der Waals surface area contributed by atoms with Crippen molar-refractivity contribution in [1.29, 1.82) is 0 Å². The summed E-state index contributed by atoms with van der Waals surface area (Å²) in [4.78, 5) is 15.0. The second-order valence-electron chi connectivity index (χ2n) is 3.93. The Hall–Kier alpha value is -2.11. The van der Waals surface area contributed by atoms with Crippen LogP contribution >= 0.6 is 0 Å². The second kappa shape index (κ2) is 8.24. The largest absolute Gasteiger partial charge is 0.469 e. The fraction of sp³-hybridized carbons (Fsp3) is 0.385. The SMILES string of the molecule is COC(=O)CCS(=O)(=O)Nc1cccc(C#CCCO)n1. The average molecular weight is 312 g/mol. The summed E-state index contributed by atoms with van der Waals surface area (Å²) >= 11 is 0. The van der Waals surface area contributed by atoms with Gasteiger partial charge in [0.05, 0.1) is 25.9 Å². The molecule has 0 aliphatic carbocycles. The summed E-state index contributed by atoms with van der Waals surface area (Å²) in [5.41, 5.74) is 0.386. The number of anilines is 1. The number of methoxy groups -OCH3 is 1. The first-order chi connectivity index (χ1) is 9.96. The Labute approximate surface area is 123 Å². The van der Waals surface area contributed by atoms with Crippen LogP contribution in [0.3, 0.4) is 0 Å². The van der Waals surface area contributed by atoms with Crippen LogP contribution in [0, 0.1) is 11.8 Å². The summed E-state index contributed by atoms with van der Waals surface area (Å²) in [6.07, 6.45) is 0.0819. The molecule has 0 amide bonds. The van der Waals surface area contributed by atoms with Crippen LogP contribution in [0.4, 0.5) is 5.82 Å². The maximum absolute atomic E-state index is 11.8. The number of carbonyl (C=O) groups is 1. The first kappa shape index (κ1) is 16.9. The number of aliphatic hydroxyl groups is 1. The Kier molecular flexibility index (Phi) is 6.65. The lowest BCUT2D eigenvalue weighted by molar-refractivity contribution is -0.140. The Morgan fingerprint density at radius 1 is 1.48 bits per heavy atom. The van der Waals surface area contributed by atoms with Crippen LogP contribution in [0.2, 0.25) is 0 Å². The second-order valence-corrected chi connectivity index (χ2v) is 5.77. The van der Waals surface area contributed by atoms with E-state index >= 15 is 0 Å². The number of hydrogen-bond acceptors (Lipinski definition) is 6. The maximum atomic E-state index is 11.8. The topological polar surface area (TPSA) is 106 Å². The average Bonchev–Trinajstić information content (AvgIpc) is 2.45. The fourth-order valence-corrected chi connectivity index (χ4v) is 2.27. The molecule has 0 atom stereocenters. The molecule has 0 radical (unpaired) electrons. The summed E-state index contributed by atoms with van der Waals surface area (Å²) in [5.74, 6) is 4.52. The fourth-order valence-electron chi connectivity index (χ4n) is 1.30. The number of aromatic nitrogens is 1. The van der Waals surface area contributed by atoms with Gasteiger partial charge in [-0.3, -0.25) is 9.52 Å². The molecule has 7 nitrogen and oxygen atoms in total. The first-order valence-corrected chi connectivity index (χ1v) is 7.76. The highest BCUT2D eigenvalue weighted by Gasteiger charge is 2.14. The number of nitrogens with zero attached hydrogens (tertiary/aromatic N) is 1. The Balaban J connectivity index is 2.72. The molecule has 2 N–H and O–H groups in total. The Bertz CT molecular complexity index is 646. The van der Waals surface area contributed by atoms with Gasteiger partial charge in [0, 0.05) is 6.42 Å².